The summed E-state index contributed by atoms with van der Waals surface area (Å²) in [5, 5.41) is 17.5. The number of benzene rings is 1. The number of aliphatic carboxylic acids is 1. The molecule has 14 N–H and O–H groups in total. The largest absolute Gasteiger partial charge is 0.480 e. The van der Waals surface area contributed by atoms with Gasteiger partial charge in [0.1, 0.15) is 18.1 Å². The Hall–Kier alpha value is -4.40. The first-order valence-electron chi connectivity index (χ1n) is 13.4. The Morgan fingerprint density at radius 3 is 1.83 bits per heavy atom. The Bertz CT molecular complexity index is 1060. The molecule has 15 heteroatoms. The molecule has 0 aromatic heterocycles. The van der Waals surface area contributed by atoms with Gasteiger partial charge in [-0.05, 0) is 37.2 Å². The molecule has 1 aromatic carbocycles. The minimum Gasteiger partial charge on any atom is -0.480 e. The van der Waals surface area contributed by atoms with Crippen molar-refractivity contribution in [2.75, 3.05) is 13.1 Å². The lowest BCUT2D eigenvalue weighted by atomic mass is 10.00. The first-order valence-corrected chi connectivity index (χ1v) is 13.4. The molecule has 0 aliphatic carbocycles. The number of carbonyl (C=O) groups is 4. The maximum absolute atomic E-state index is 13.3. The molecule has 0 heterocycles. The highest BCUT2D eigenvalue weighted by Crippen LogP contribution is 2.09. The van der Waals surface area contributed by atoms with Crippen molar-refractivity contribution in [2.45, 2.75) is 70.1 Å². The molecule has 1 rings (SSSR count). The molecular weight excluding hydrogens is 532 g/mol. The number of nitrogens with zero attached hydrogens (tertiary/aromatic N) is 2. The van der Waals surface area contributed by atoms with Crippen LogP contribution < -0.4 is 44.6 Å². The average molecular weight is 577 g/mol. The van der Waals surface area contributed by atoms with Gasteiger partial charge >= 0.3 is 5.97 Å². The Kier molecular flexibility index (Phi) is 15.2. The summed E-state index contributed by atoms with van der Waals surface area (Å²) in [6.07, 6.45) is 1.20. The van der Waals surface area contributed by atoms with E-state index in [2.05, 4.69) is 25.9 Å². The van der Waals surface area contributed by atoms with E-state index in [0.717, 1.165) is 5.56 Å². The standard InChI is InChI=1S/C26H44N10O5/c1-15(2)20(36-21(37)17(27)10-6-12-32-25(28)29)23(39)35-19(14-16-8-4-3-5-9-16)22(38)34-18(24(40)41)11-7-13-33-26(30)31/h3-5,8-9,15,17-20H,6-7,10-14,27H2,1-2H3,(H,34,38)(H,35,39)(H,36,37)(H,40,41)(H4,28,29,32)(H4,30,31,33). The predicted molar refractivity (Wildman–Crippen MR) is 156 cm³/mol. The second kappa shape index (κ2) is 18.0. The molecule has 228 valence electrons. The number of nitrogens with two attached hydrogens (primary N) is 5. The van der Waals surface area contributed by atoms with Crippen LogP contribution >= 0.6 is 0 Å². The van der Waals surface area contributed by atoms with Crippen LogP contribution in [0.15, 0.2) is 40.3 Å². The normalized spacial score (nSPS) is 13.7. The minimum atomic E-state index is -1.24. The van der Waals surface area contributed by atoms with Crippen molar-refractivity contribution in [1.82, 2.24) is 16.0 Å². The zero-order valence-corrected chi connectivity index (χ0v) is 23.6. The summed E-state index contributed by atoms with van der Waals surface area (Å²) in [4.78, 5) is 58.8. The number of aliphatic imine (C=N–C) groups is 2. The number of carboxylic acids is 1. The molecule has 0 saturated carbocycles. The fraction of sp³-hybridized carbons (Fsp3) is 0.538. The lowest BCUT2D eigenvalue weighted by Crippen LogP contribution is -2.58. The molecule has 0 aliphatic heterocycles. The first-order chi connectivity index (χ1) is 19.3. The van der Waals surface area contributed by atoms with Crippen LogP contribution in [-0.4, -0.2) is 78.0 Å². The van der Waals surface area contributed by atoms with E-state index in [9.17, 15) is 24.3 Å². The molecule has 0 bridgehead atoms. The number of hydrogen-bond donors (Lipinski definition) is 9. The molecule has 0 aliphatic rings. The van der Waals surface area contributed by atoms with Gasteiger partial charge in [-0.1, -0.05) is 44.2 Å². The molecule has 0 fully saturated rings. The summed E-state index contributed by atoms with van der Waals surface area (Å²) in [5.41, 5.74) is 27.9. The number of hydrogen-bond acceptors (Lipinski definition) is 7. The van der Waals surface area contributed by atoms with Crippen LogP contribution in [0.2, 0.25) is 0 Å². The van der Waals surface area contributed by atoms with Crippen molar-refractivity contribution >= 4 is 35.6 Å². The van der Waals surface area contributed by atoms with E-state index in [4.69, 9.17) is 28.7 Å². The summed E-state index contributed by atoms with van der Waals surface area (Å²) in [6.45, 7) is 3.97. The van der Waals surface area contributed by atoms with Crippen LogP contribution in [-0.2, 0) is 25.6 Å². The van der Waals surface area contributed by atoms with E-state index in [1.54, 1.807) is 44.2 Å². The van der Waals surface area contributed by atoms with E-state index < -0.39 is 47.9 Å². The molecule has 0 spiro atoms. The molecule has 15 nitrogen and oxygen atoms in total. The summed E-state index contributed by atoms with van der Waals surface area (Å²) < 4.78 is 0. The van der Waals surface area contributed by atoms with Crippen LogP contribution in [0.3, 0.4) is 0 Å². The number of nitrogens with one attached hydrogen (secondary N) is 3. The predicted octanol–water partition coefficient (Wildman–Crippen LogP) is -2.14. The van der Waals surface area contributed by atoms with E-state index in [1.165, 1.54) is 0 Å². The number of carboxylic acid groups (broad SMARTS) is 1. The molecule has 1 aromatic rings. The van der Waals surface area contributed by atoms with Gasteiger partial charge in [-0.2, -0.15) is 0 Å². The highest BCUT2D eigenvalue weighted by atomic mass is 16.4. The lowest BCUT2D eigenvalue weighted by Gasteiger charge is -2.27. The monoisotopic (exact) mass is 576 g/mol. The van der Waals surface area contributed by atoms with Gasteiger partial charge in [-0.25, -0.2) is 4.79 Å². The fourth-order valence-electron chi connectivity index (χ4n) is 3.80. The smallest absolute Gasteiger partial charge is 0.326 e. The SMILES string of the molecule is CC(C)C(NC(=O)C(N)CCCN=C(N)N)C(=O)NC(Cc1ccccc1)C(=O)NC(CCCN=C(N)N)C(=O)O. The van der Waals surface area contributed by atoms with Crippen LogP contribution in [0.5, 0.6) is 0 Å². The second-order valence-corrected chi connectivity index (χ2v) is 9.88. The highest BCUT2D eigenvalue weighted by molar-refractivity contribution is 5.94. The zero-order chi connectivity index (χ0) is 30.9. The van der Waals surface area contributed by atoms with Gasteiger partial charge in [0.15, 0.2) is 11.9 Å². The Morgan fingerprint density at radius 2 is 1.32 bits per heavy atom. The third-order valence-electron chi connectivity index (χ3n) is 6.03. The average Bonchev–Trinajstić information content (AvgIpc) is 2.90. The third kappa shape index (κ3) is 14.0. The Labute approximate surface area is 239 Å². The quantitative estimate of drug-likeness (QED) is 0.0519. The molecule has 0 saturated heterocycles. The summed E-state index contributed by atoms with van der Waals surface area (Å²) in [7, 11) is 0. The molecule has 41 heavy (non-hydrogen) atoms. The van der Waals surface area contributed by atoms with Gasteiger partial charge in [0, 0.05) is 19.5 Å². The van der Waals surface area contributed by atoms with Gasteiger partial charge in [-0.15, -0.1) is 0 Å². The van der Waals surface area contributed by atoms with Gasteiger partial charge in [0.05, 0.1) is 6.04 Å². The maximum atomic E-state index is 13.3. The Balaban J connectivity index is 3.00. The van der Waals surface area contributed by atoms with Gasteiger partial charge in [0.2, 0.25) is 17.7 Å². The van der Waals surface area contributed by atoms with Crippen molar-refractivity contribution < 1.29 is 24.3 Å². The van der Waals surface area contributed by atoms with Crippen LogP contribution in [0.1, 0.15) is 45.1 Å². The van der Waals surface area contributed by atoms with Gasteiger partial charge in [-0.3, -0.25) is 24.4 Å². The molecule has 4 unspecified atom stereocenters. The van der Waals surface area contributed by atoms with Gasteiger partial charge in [0.25, 0.3) is 0 Å². The van der Waals surface area contributed by atoms with Crippen LogP contribution in [0.4, 0.5) is 0 Å². The lowest BCUT2D eigenvalue weighted by molar-refractivity contribution is -0.142. The third-order valence-corrected chi connectivity index (χ3v) is 6.03. The number of rotatable bonds is 18. The zero-order valence-electron chi connectivity index (χ0n) is 23.6. The van der Waals surface area contributed by atoms with Crippen LogP contribution in [0, 0.1) is 5.92 Å². The van der Waals surface area contributed by atoms with Gasteiger partial charge < -0.3 is 49.7 Å². The van der Waals surface area contributed by atoms with E-state index in [-0.39, 0.29) is 43.6 Å². The minimum absolute atomic E-state index is 0.0609. The summed E-state index contributed by atoms with van der Waals surface area (Å²) in [6, 6.07) is 4.64. The summed E-state index contributed by atoms with van der Waals surface area (Å²) >= 11 is 0. The van der Waals surface area contributed by atoms with Crippen molar-refractivity contribution in [2.24, 2.45) is 44.6 Å². The van der Waals surface area contributed by atoms with Crippen molar-refractivity contribution in [1.29, 1.82) is 0 Å². The number of guanidine groups is 2. The van der Waals surface area contributed by atoms with Crippen molar-refractivity contribution in [3.05, 3.63) is 35.9 Å². The number of carbonyl (C=O) groups excluding carboxylic acids is 3. The van der Waals surface area contributed by atoms with E-state index >= 15 is 0 Å². The molecule has 0 radical (unpaired) electrons. The van der Waals surface area contributed by atoms with Crippen molar-refractivity contribution in [3.8, 4) is 0 Å². The molecule has 4 atom stereocenters. The fourth-order valence-corrected chi connectivity index (χ4v) is 3.80. The van der Waals surface area contributed by atoms with E-state index in [0.29, 0.717) is 19.4 Å². The maximum Gasteiger partial charge on any atom is 0.326 e. The topological polar surface area (TPSA) is 279 Å². The Morgan fingerprint density at radius 1 is 0.780 bits per heavy atom. The van der Waals surface area contributed by atoms with E-state index in [1.807, 2.05) is 0 Å². The highest BCUT2D eigenvalue weighted by Gasteiger charge is 2.31. The first kappa shape index (κ1) is 34.6. The summed E-state index contributed by atoms with van der Waals surface area (Å²) in [5.74, 6) is -3.62. The molecular formula is C26H44N10O5. The second-order valence-electron chi connectivity index (χ2n) is 9.88. The number of amides is 3. The molecule has 3 amide bonds. The van der Waals surface area contributed by atoms with Crippen LogP contribution in [0.25, 0.3) is 0 Å². The van der Waals surface area contributed by atoms with Crippen molar-refractivity contribution in [3.63, 3.8) is 0 Å².